The van der Waals surface area contributed by atoms with Crippen molar-refractivity contribution in [2.45, 2.75) is 19.3 Å². The van der Waals surface area contributed by atoms with Gasteiger partial charge in [0.05, 0.1) is 10.7 Å². The van der Waals surface area contributed by atoms with Gasteiger partial charge in [-0.15, -0.1) is 0 Å². The highest BCUT2D eigenvalue weighted by molar-refractivity contribution is 6.36. The van der Waals surface area contributed by atoms with Gasteiger partial charge >= 0.3 is 12.4 Å². The average molecular weight is 350 g/mol. The maximum atomic E-state index is 12.4. The van der Waals surface area contributed by atoms with E-state index in [1.807, 2.05) is 0 Å². The molecule has 21 heavy (non-hydrogen) atoms. The van der Waals surface area contributed by atoms with E-state index >= 15 is 0 Å². The van der Waals surface area contributed by atoms with Crippen LogP contribution in [0.3, 0.4) is 0 Å². The maximum Gasteiger partial charge on any atom is 0.421 e. The lowest BCUT2D eigenvalue weighted by Gasteiger charge is -2.14. The van der Waals surface area contributed by atoms with Crippen LogP contribution >= 0.6 is 23.2 Å². The molecule has 0 saturated heterocycles. The molecular weight excluding hydrogens is 343 g/mol. The van der Waals surface area contributed by atoms with E-state index in [9.17, 15) is 26.3 Å². The minimum atomic E-state index is -5.53. The Morgan fingerprint density at radius 2 is 1.57 bits per heavy atom. The van der Waals surface area contributed by atoms with Gasteiger partial charge < -0.3 is 0 Å². The fraction of sp³-hybridized carbons (Fsp3) is 0.250. The van der Waals surface area contributed by atoms with Crippen molar-refractivity contribution in [3.8, 4) is 0 Å². The zero-order valence-electron chi connectivity index (χ0n) is 10.3. The monoisotopic (exact) mass is 349 g/mol. The van der Waals surface area contributed by atoms with E-state index in [1.54, 1.807) is 0 Å². The summed E-state index contributed by atoms with van der Waals surface area (Å²) < 4.78 is 74.2. The Labute approximate surface area is 125 Å². The summed E-state index contributed by atoms with van der Waals surface area (Å²) >= 11 is 11.3. The highest BCUT2D eigenvalue weighted by atomic mass is 35.5. The van der Waals surface area contributed by atoms with Crippen LogP contribution in [0.2, 0.25) is 10.0 Å². The van der Waals surface area contributed by atoms with Gasteiger partial charge in [-0.2, -0.15) is 26.3 Å². The summed E-state index contributed by atoms with van der Waals surface area (Å²) in [5.41, 5.74) is -3.12. The lowest BCUT2D eigenvalue weighted by Crippen LogP contribution is -2.26. The third kappa shape index (κ3) is 5.24. The minimum Gasteiger partial charge on any atom is -0.252 e. The second-order valence-corrected chi connectivity index (χ2v) is 4.75. The van der Waals surface area contributed by atoms with Crippen molar-refractivity contribution in [3.05, 3.63) is 39.9 Å². The molecule has 1 aromatic carbocycles. The van der Waals surface area contributed by atoms with Crippen LogP contribution in [0.4, 0.5) is 32.0 Å². The van der Waals surface area contributed by atoms with E-state index in [-0.39, 0.29) is 21.8 Å². The Kier molecular flexibility index (Phi) is 5.33. The average Bonchev–Trinajstić information content (AvgIpc) is 2.27. The van der Waals surface area contributed by atoms with Crippen molar-refractivity contribution in [1.29, 1.82) is 0 Å². The second-order valence-electron chi connectivity index (χ2n) is 3.90. The molecule has 0 heterocycles. The van der Waals surface area contributed by atoms with Gasteiger partial charge in [0, 0.05) is 10.7 Å². The molecule has 0 aliphatic heterocycles. The molecule has 0 fully saturated rings. The van der Waals surface area contributed by atoms with Crippen molar-refractivity contribution in [3.63, 3.8) is 0 Å². The highest BCUT2D eigenvalue weighted by Gasteiger charge is 2.50. The summed E-state index contributed by atoms with van der Waals surface area (Å²) in [5.74, 6) is 0. The molecule has 9 heteroatoms. The number of halogens is 8. The van der Waals surface area contributed by atoms with E-state index in [1.165, 1.54) is 18.2 Å². The lowest BCUT2D eigenvalue weighted by atomic mass is 10.2. The van der Waals surface area contributed by atoms with Crippen LogP contribution in [0.1, 0.15) is 6.92 Å². The Morgan fingerprint density at radius 1 is 1.05 bits per heavy atom. The van der Waals surface area contributed by atoms with E-state index in [0.29, 0.717) is 0 Å². The van der Waals surface area contributed by atoms with Crippen LogP contribution < -0.4 is 0 Å². The predicted octanol–water partition coefficient (Wildman–Crippen LogP) is 6.14. The number of alkyl halides is 6. The van der Waals surface area contributed by atoms with Crippen LogP contribution in [0.5, 0.6) is 0 Å². The van der Waals surface area contributed by atoms with Crippen LogP contribution in [-0.2, 0) is 0 Å². The molecule has 0 saturated carbocycles. The zero-order valence-corrected chi connectivity index (χ0v) is 11.8. The minimum absolute atomic E-state index is 0.0100. The Morgan fingerprint density at radius 3 is 2.00 bits per heavy atom. The van der Waals surface area contributed by atoms with E-state index in [0.717, 1.165) is 6.92 Å². The third-order valence-electron chi connectivity index (χ3n) is 2.17. The molecule has 0 aliphatic carbocycles. The molecule has 0 spiro atoms. The molecule has 1 aromatic rings. The summed E-state index contributed by atoms with van der Waals surface area (Å²) in [7, 11) is 0. The number of hydrogen-bond acceptors (Lipinski definition) is 1. The molecule has 0 bridgehead atoms. The molecule has 1 nitrogen and oxygen atoms in total. The Bertz CT molecular complexity index is 570. The first-order valence-corrected chi connectivity index (χ1v) is 6.03. The van der Waals surface area contributed by atoms with Gasteiger partial charge in [-0.25, -0.2) is 0 Å². The summed E-state index contributed by atoms with van der Waals surface area (Å²) in [4.78, 5) is 3.62. The van der Waals surface area contributed by atoms with Crippen LogP contribution in [0.15, 0.2) is 34.8 Å². The summed E-state index contributed by atoms with van der Waals surface area (Å²) in [5, 5.41) is 0.272. The first kappa shape index (κ1) is 17.8. The molecule has 0 amide bonds. The molecule has 1 rings (SSSR count). The van der Waals surface area contributed by atoms with Crippen molar-refractivity contribution in [2.24, 2.45) is 4.99 Å². The molecular formula is C12H7Cl2F6N. The van der Waals surface area contributed by atoms with Crippen molar-refractivity contribution < 1.29 is 26.3 Å². The second kappa shape index (κ2) is 6.27. The van der Waals surface area contributed by atoms with Crippen molar-refractivity contribution >= 4 is 34.6 Å². The van der Waals surface area contributed by atoms with E-state index in [2.05, 4.69) is 4.99 Å². The largest absolute Gasteiger partial charge is 0.421 e. The molecule has 0 unspecified atom stereocenters. The van der Waals surface area contributed by atoms with Gasteiger partial charge in [-0.3, -0.25) is 4.99 Å². The number of benzene rings is 1. The standard InChI is InChI=1S/C12H7Cl2F6N/c1-6(4-10(11(15,16)17)12(18,19)20)21-9-3-2-7(13)5-8(9)14/h2-5H,1H3. The first-order valence-electron chi connectivity index (χ1n) is 5.27. The fourth-order valence-electron chi connectivity index (χ4n) is 1.33. The molecule has 116 valence electrons. The zero-order chi connectivity index (χ0) is 16.4. The smallest absolute Gasteiger partial charge is 0.252 e. The maximum absolute atomic E-state index is 12.4. The number of aliphatic imine (C=N–C) groups is 1. The lowest BCUT2D eigenvalue weighted by molar-refractivity contribution is -0.171. The first-order chi connectivity index (χ1) is 9.41. The van der Waals surface area contributed by atoms with Gasteiger partial charge in [0.25, 0.3) is 0 Å². The molecule has 0 radical (unpaired) electrons. The van der Waals surface area contributed by atoms with Crippen LogP contribution in [0.25, 0.3) is 0 Å². The van der Waals surface area contributed by atoms with E-state index in [4.69, 9.17) is 23.2 Å². The van der Waals surface area contributed by atoms with Gasteiger partial charge in [-0.05, 0) is 31.2 Å². The third-order valence-corrected chi connectivity index (χ3v) is 2.71. The number of nitrogens with zero attached hydrogens (tertiary/aromatic N) is 1. The molecule has 0 aliphatic rings. The van der Waals surface area contributed by atoms with Gasteiger partial charge in [0.2, 0.25) is 0 Å². The topological polar surface area (TPSA) is 12.4 Å². The van der Waals surface area contributed by atoms with Crippen molar-refractivity contribution in [2.75, 3.05) is 0 Å². The van der Waals surface area contributed by atoms with Crippen molar-refractivity contribution in [1.82, 2.24) is 0 Å². The number of rotatable bonds is 2. The summed E-state index contributed by atoms with van der Waals surface area (Å²) in [6, 6.07) is 3.91. The highest BCUT2D eigenvalue weighted by Crippen LogP contribution is 2.38. The van der Waals surface area contributed by atoms with Gasteiger partial charge in [0.1, 0.15) is 5.57 Å². The number of hydrogen-bond donors (Lipinski definition) is 0. The SMILES string of the molecule is CC(C=C(C(F)(F)F)C(F)(F)F)=Nc1ccc(Cl)cc1Cl. The predicted molar refractivity (Wildman–Crippen MR) is 69.4 cm³/mol. The number of allylic oxidation sites excluding steroid dienone is 2. The van der Waals surface area contributed by atoms with E-state index < -0.39 is 23.6 Å². The fourth-order valence-corrected chi connectivity index (χ4v) is 1.78. The normalized spacial score (nSPS) is 13.3. The quantitative estimate of drug-likeness (QED) is 0.449. The Hall–Kier alpha value is -1.21. The molecule has 0 N–H and O–H groups in total. The molecule has 0 aromatic heterocycles. The van der Waals surface area contributed by atoms with Gasteiger partial charge in [0.15, 0.2) is 0 Å². The summed E-state index contributed by atoms with van der Waals surface area (Å²) in [6.45, 7) is 1.00. The van der Waals surface area contributed by atoms with Crippen LogP contribution in [0, 0.1) is 0 Å². The van der Waals surface area contributed by atoms with Crippen LogP contribution in [-0.4, -0.2) is 18.1 Å². The molecule has 0 atom stereocenters. The van der Waals surface area contributed by atoms with Gasteiger partial charge in [-0.1, -0.05) is 23.2 Å². The summed E-state index contributed by atoms with van der Waals surface area (Å²) in [6.07, 6.45) is -11.1. The Balaban J connectivity index is 3.25.